The predicted molar refractivity (Wildman–Crippen MR) is 88.8 cm³/mol. The van der Waals surface area contributed by atoms with Gasteiger partial charge in [-0.3, -0.25) is 9.79 Å². The number of halogens is 1. The Labute approximate surface area is 139 Å². The largest absolute Gasteiger partial charge is 0.427 e. The van der Waals surface area contributed by atoms with Gasteiger partial charge in [0.15, 0.2) is 11.6 Å². The maximum Gasteiger partial charge on any atom is 0.187 e. The number of aromatic nitrogens is 2. The minimum Gasteiger partial charge on any atom is -0.427 e. The molecule has 1 N–H and O–H groups in total. The van der Waals surface area contributed by atoms with E-state index in [-0.39, 0.29) is 29.4 Å². The second kappa shape index (κ2) is 5.70. The topological polar surface area (TPSA) is 67.5 Å². The first-order chi connectivity index (χ1) is 11.3. The molecule has 0 amide bonds. The third-order valence-electron chi connectivity index (χ3n) is 3.74. The van der Waals surface area contributed by atoms with E-state index in [4.69, 9.17) is 0 Å². The summed E-state index contributed by atoms with van der Waals surface area (Å²) in [5.41, 5.74) is 0.957. The Bertz CT molecular complexity index is 856. The lowest BCUT2D eigenvalue weighted by Gasteiger charge is -2.17. The fourth-order valence-electron chi connectivity index (χ4n) is 2.57. The van der Waals surface area contributed by atoms with Crippen molar-refractivity contribution in [3.05, 3.63) is 53.9 Å². The highest BCUT2D eigenvalue weighted by Crippen LogP contribution is 2.30. The van der Waals surface area contributed by atoms with Crippen LogP contribution in [0.25, 0.3) is 11.3 Å². The molecule has 5 nitrogen and oxygen atoms in total. The molecule has 0 fully saturated rings. The minimum absolute atomic E-state index is 0.155. The number of rotatable bonds is 2. The summed E-state index contributed by atoms with van der Waals surface area (Å²) in [7, 11) is 0. The molecule has 0 spiro atoms. The van der Waals surface area contributed by atoms with Crippen molar-refractivity contribution < 1.29 is 14.4 Å². The minimum atomic E-state index is -0.449. The van der Waals surface area contributed by atoms with Crippen LogP contribution in [0.5, 0.6) is 0 Å². The van der Waals surface area contributed by atoms with Crippen molar-refractivity contribution in [2.24, 2.45) is 4.99 Å². The van der Waals surface area contributed by atoms with Crippen LogP contribution in [0.15, 0.2) is 41.5 Å². The lowest BCUT2D eigenvalue weighted by molar-refractivity contribution is -0.112. The molecule has 0 aliphatic carbocycles. The van der Waals surface area contributed by atoms with E-state index in [0.717, 1.165) is 4.73 Å². The molecule has 0 radical (unpaired) electrons. The van der Waals surface area contributed by atoms with Crippen LogP contribution in [0.1, 0.15) is 38.7 Å². The molecule has 1 aliphatic rings. The van der Waals surface area contributed by atoms with Gasteiger partial charge in [0, 0.05) is 23.6 Å². The van der Waals surface area contributed by atoms with E-state index in [2.05, 4.69) is 9.98 Å². The smallest absolute Gasteiger partial charge is 0.187 e. The number of aliphatic imine (C=N–C) groups is 1. The number of Topliss-reactive ketones (excluding diaryl/α,β-unsaturated/α-hetero) is 1. The average Bonchev–Trinajstić information content (AvgIpc) is 2.86. The number of carbonyl (C=O) groups excluding carboxylic acids is 1. The number of imidazole rings is 1. The molecule has 0 saturated carbocycles. The van der Waals surface area contributed by atoms with Gasteiger partial charge in [0.25, 0.3) is 0 Å². The van der Waals surface area contributed by atoms with Crippen molar-refractivity contribution in [3.8, 4) is 11.3 Å². The van der Waals surface area contributed by atoms with Crippen molar-refractivity contribution >= 4 is 11.5 Å². The van der Waals surface area contributed by atoms with Crippen LogP contribution in [0, 0.1) is 5.82 Å². The van der Waals surface area contributed by atoms with Crippen molar-refractivity contribution in [1.82, 2.24) is 9.71 Å². The average molecular weight is 327 g/mol. The first kappa shape index (κ1) is 16.1. The number of ketones is 1. The zero-order valence-electron chi connectivity index (χ0n) is 13.7. The fraction of sp³-hybridized carbons (Fsp3) is 0.278. The van der Waals surface area contributed by atoms with Gasteiger partial charge in [0.2, 0.25) is 0 Å². The van der Waals surface area contributed by atoms with E-state index in [0.29, 0.717) is 17.1 Å². The molecular formula is C18H18FN3O2. The quantitative estimate of drug-likeness (QED) is 0.859. The number of allylic oxidation sites excluding steroid dienone is 1. The third kappa shape index (κ3) is 2.75. The Kier molecular flexibility index (Phi) is 3.83. The van der Waals surface area contributed by atoms with E-state index >= 15 is 0 Å². The number of benzene rings is 1. The zero-order chi connectivity index (χ0) is 17.5. The predicted octanol–water partition coefficient (Wildman–Crippen LogP) is 3.50. The molecule has 1 aromatic heterocycles. The Morgan fingerprint density at radius 1 is 1.21 bits per heavy atom. The SMILES string of the molecule is CC(C)(C)c1nc(-c2ccc(F)cc2)c(C2=NC=CCC2=O)n1O. The molecule has 3 rings (SSSR count). The van der Waals surface area contributed by atoms with Crippen LogP contribution < -0.4 is 0 Å². The molecule has 124 valence electrons. The molecule has 0 unspecified atom stereocenters. The van der Waals surface area contributed by atoms with Crippen LogP contribution in [-0.4, -0.2) is 26.4 Å². The Morgan fingerprint density at radius 3 is 2.46 bits per heavy atom. The maximum atomic E-state index is 13.2. The van der Waals surface area contributed by atoms with Crippen LogP contribution in [0.2, 0.25) is 0 Å². The fourth-order valence-corrected chi connectivity index (χ4v) is 2.57. The summed E-state index contributed by atoms with van der Waals surface area (Å²) in [5.74, 6) is -0.160. The first-order valence-electron chi connectivity index (χ1n) is 7.64. The van der Waals surface area contributed by atoms with Gasteiger partial charge in [0.1, 0.15) is 22.9 Å². The summed E-state index contributed by atoms with van der Waals surface area (Å²) in [5, 5.41) is 10.7. The lowest BCUT2D eigenvalue weighted by atomic mass is 9.96. The molecule has 24 heavy (non-hydrogen) atoms. The molecule has 2 heterocycles. The second-order valence-corrected chi connectivity index (χ2v) is 6.69. The van der Waals surface area contributed by atoms with Gasteiger partial charge in [-0.15, -0.1) is 0 Å². The standard InChI is InChI=1S/C18H18FN3O2/c1-18(2,3)17-21-14(11-6-8-12(19)9-7-11)16(22(17)24)15-13(23)5-4-10-20-15/h4,6-10,24H,5H2,1-3H3. The van der Waals surface area contributed by atoms with Crippen LogP contribution in [-0.2, 0) is 10.2 Å². The van der Waals surface area contributed by atoms with Gasteiger partial charge in [0.05, 0.1) is 0 Å². The summed E-state index contributed by atoms with van der Waals surface area (Å²) in [6.07, 6.45) is 3.42. The van der Waals surface area contributed by atoms with E-state index in [1.807, 2.05) is 20.8 Å². The Balaban J connectivity index is 2.27. The number of carbonyl (C=O) groups is 1. The monoisotopic (exact) mass is 327 g/mol. The molecule has 6 heteroatoms. The molecule has 0 bridgehead atoms. The molecular weight excluding hydrogens is 309 g/mol. The maximum absolute atomic E-state index is 13.2. The molecule has 0 saturated heterocycles. The zero-order valence-corrected chi connectivity index (χ0v) is 13.7. The van der Waals surface area contributed by atoms with E-state index in [9.17, 15) is 14.4 Å². The van der Waals surface area contributed by atoms with Crippen molar-refractivity contribution in [2.45, 2.75) is 32.6 Å². The highest BCUT2D eigenvalue weighted by Gasteiger charge is 2.31. The van der Waals surface area contributed by atoms with Crippen molar-refractivity contribution in [1.29, 1.82) is 0 Å². The summed E-state index contributed by atoms with van der Waals surface area (Å²) in [6.45, 7) is 5.72. The summed E-state index contributed by atoms with van der Waals surface area (Å²) < 4.78 is 14.2. The number of hydrogen-bond acceptors (Lipinski definition) is 4. The summed E-state index contributed by atoms with van der Waals surface area (Å²) in [6, 6.07) is 5.77. The van der Waals surface area contributed by atoms with Gasteiger partial charge in [-0.1, -0.05) is 26.8 Å². The molecule has 0 atom stereocenters. The number of hydrogen-bond donors (Lipinski definition) is 1. The third-order valence-corrected chi connectivity index (χ3v) is 3.74. The Morgan fingerprint density at radius 2 is 1.88 bits per heavy atom. The highest BCUT2D eigenvalue weighted by molar-refractivity contribution is 6.47. The van der Waals surface area contributed by atoms with E-state index < -0.39 is 5.41 Å². The van der Waals surface area contributed by atoms with Gasteiger partial charge < -0.3 is 5.21 Å². The van der Waals surface area contributed by atoms with Crippen LogP contribution in [0.4, 0.5) is 4.39 Å². The molecule has 1 aliphatic heterocycles. The summed E-state index contributed by atoms with van der Waals surface area (Å²) >= 11 is 0. The van der Waals surface area contributed by atoms with Crippen molar-refractivity contribution in [3.63, 3.8) is 0 Å². The van der Waals surface area contributed by atoms with Gasteiger partial charge >= 0.3 is 0 Å². The van der Waals surface area contributed by atoms with Crippen molar-refractivity contribution in [2.75, 3.05) is 0 Å². The normalized spacial score (nSPS) is 14.8. The van der Waals surface area contributed by atoms with Gasteiger partial charge in [-0.05, 0) is 24.3 Å². The molecule has 2 aromatic rings. The lowest BCUT2D eigenvalue weighted by Crippen LogP contribution is -2.24. The van der Waals surface area contributed by atoms with E-state index in [1.54, 1.807) is 18.2 Å². The van der Waals surface area contributed by atoms with Crippen LogP contribution in [0.3, 0.4) is 0 Å². The summed E-state index contributed by atoms with van der Waals surface area (Å²) in [4.78, 5) is 20.9. The first-order valence-corrected chi connectivity index (χ1v) is 7.64. The van der Waals surface area contributed by atoms with Crippen LogP contribution >= 0.6 is 0 Å². The van der Waals surface area contributed by atoms with Gasteiger partial charge in [-0.25, -0.2) is 9.37 Å². The highest BCUT2D eigenvalue weighted by atomic mass is 19.1. The Hall–Kier alpha value is -2.76. The number of nitrogens with zero attached hydrogens (tertiary/aromatic N) is 3. The van der Waals surface area contributed by atoms with E-state index in [1.165, 1.54) is 18.3 Å². The van der Waals surface area contributed by atoms with Gasteiger partial charge in [-0.2, -0.15) is 4.73 Å². The second-order valence-electron chi connectivity index (χ2n) is 6.69. The molecule has 1 aromatic carbocycles.